The van der Waals surface area contributed by atoms with Crippen LogP contribution in [0.2, 0.25) is 5.02 Å². The Morgan fingerprint density at radius 3 is 2.56 bits per heavy atom. The minimum Gasteiger partial charge on any atom is -0.342 e. The van der Waals surface area contributed by atoms with E-state index in [0.29, 0.717) is 16.1 Å². The van der Waals surface area contributed by atoms with Gasteiger partial charge in [0, 0.05) is 39.3 Å². The van der Waals surface area contributed by atoms with Crippen LogP contribution < -0.4 is 5.32 Å². The molecule has 2 heterocycles. The van der Waals surface area contributed by atoms with Crippen molar-refractivity contribution < 1.29 is 18.8 Å². The Morgan fingerprint density at radius 2 is 1.79 bits per heavy atom. The SMILES string of the molecule is O=C1NC(=O)N(C2CCCCC2)C(=O)/C1=C/c1cn(Cc2c(F)cccc2Cl)c2ccccc12. The Kier molecular flexibility index (Phi) is 5.96. The molecular weight excluding hydrogens is 457 g/mol. The van der Waals surface area contributed by atoms with Crippen LogP contribution >= 0.6 is 11.6 Å². The molecule has 1 saturated carbocycles. The maximum absolute atomic E-state index is 14.4. The Balaban J connectivity index is 1.55. The molecule has 2 fully saturated rings. The molecule has 1 saturated heterocycles. The number of hydrogen-bond acceptors (Lipinski definition) is 3. The third-order valence-corrected chi connectivity index (χ3v) is 6.94. The fraction of sp³-hybridized carbons (Fsp3) is 0.269. The van der Waals surface area contributed by atoms with Crippen molar-refractivity contribution in [3.05, 3.63) is 76.2 Å². The summed E-state index contributed by atoms with van der Waals surface area (Å²) in [5.74, 6) is -1.70. The highest BCUT2D eigenvalue weighted by Crippen LogP contribution is 2.30. The molecule has 1 aliphatic carbocycles. The van der Waals surface area contributed by atoms with Crippen LogP contribution in [-0.4, -0.2) is 33.4 Å². The molecule has 2 aromatic carbocycles. The first kappa shape index (κ1) is 22.3. The number of benzene rings is 2. The van der Waals surface area contributed by atoms with Gasteiger partial charge in [-0.15, -0.1) is 0 Å². The topological polar surface area (TPSA) is 71.4 Å². The fourth-order valence-electron chi connectivity index (χ4n) is 4.87. The molecule has 1 aliphatic heterocycles. The summed E-state index contributed by atoms with van der Waals surface area (Å²) in [6.45, 7) is 0.183. The van der Waals surface area contributed by atoms with E-state index in [1.54, 1.807) is 18.3 Å². The van der Waals surface area contributed by atoms with Gasteiger partial charge in [0.2, 0.25) is 0 Å². The average Bonchev–Trinajstić information content (AvgIpc) is 3.17. The van der Waals surface area contributed by atoms with E-state index in [9.17, 15) is 18.8 Å². The molecule has 4 amide bonds. The van der Waals surface area contributed by atoms with Crippen molar-refractivity contribution >= 4 is 46.4 Å². The molecule has 0 atom stereocenters. The van der Waals surface area contributed by atoms with Gasteiger partial charge in [0.1, 0.15) is 11.4 Å². The number of halogens is 2. The second-order valence-electron chi connectivity index (χ2n) is 8.71. The van der Waals surface area contributed by atoms with E-state index in [1.165, 1.54) is 17.0 Å². The van der Waals surface area contributed by atoms with Gasteiger partial charge in [-0.1, -0.05) is 55.1 Å². The van der Waals surface area contributed by atoms with Gasteiger partial charge in [0.25, 0.3) is 11.8 Å². The molecule has 0 spiro atoms. The summed E-state index contributed by atoms with van der Waals surface area (Å²) in [5, 5.41) is 3.44. The number of nitrogens with zero attached hydrogens (tertiary/aromatic N) is 2. The summed E-state index contributed by atoms with van der Waals surface area (Å²) in [7, 11) is 0. The largest absolute Gasteiger partial charge is 0.342 e. The van der Waals surface area contributed by atoms with E-state index in [4.69, 9.17) is 11.6 Å². The number of aromatic nitrogens is 1. The van der Waals surface area contributed by atoms with Crippen molar-refractivity contribution in [2.24, 2.45) is 0 Å². The van der Waals surface area contributed by atoms with Crippen LogP contribution in [0, 0.1) is 5.82 Å². The first-order valence-corrected chi connectivity index (χ1v) is 11.7. The van der Waals surface area contributed by atoms with Crippen molar-refractivity contribution in [2.75, 3.05) is 0 Å². The quantitative estimate of drug-likeness (QED) is 0.409. The van der Waals surface area contributed by atoms with E-state index in [2.05, 4.69) is 5.32 Å². The Labute approximate surface area is 201 Å². The van der Waals surface area contributed by atoms with Crippen molar-refractivity contribution in [2.45, 2.75) is 44.7 Å². The van der Waals surface area contributed by atoms with Crippen LogP contribution in [0.25, 0.3) is 17.0 Å². The van der Waals surface area contributed by atoms with E-state index < -0.39 is 23.7 Å². The summed E-state index contributed by atoms with van der Waals surface area (Å²) in [5.41, 5.74) is 1.69. The third-order valence-electron chi connectivity index (χ3n) is 6.58. The van der Waals surface area contributed by atoms with Gasteiger partial charge in [-0.25, -0.2) is 9.18 Å². The fourth-order valence-corrected chi connectivity index (χ4v) is 5.09. The molecule has 0 unspecified atom stereocenters. The first-order valence-electron chi connectivity index (χ1n) is 11.4. The van der Waals surface area contributed by atoms with E-state index in [0.717, 1.165) is 43.0 Å². The summed E-state index contributed by atoms with van der Waals surface area (Å²) >= 11 is 6.23. The summed E-state index contributed by atoms with van der Waals surface area (Å²) in [6.07, 6.45) is 7.73. The number of urea groups is 1. The number of carbonyl (C=O) groups is 3. The van der Waals surface area contributed by atoms with Crippen LogP contribution in [0.15, 0.2) is 54.2 Å². The summed E-state index contributed by atoms with van der Waals surface area (Å²) in [6, 6.07) is 11.2. The van der Waals surface area contributed by atoms with E-state index >= 15 is 0 Å². The van der Waals surface area contributed by atoms with Gasteiger partial charge in [0.05, 0.1) is 6.54 Å². The Bertz CT molecular complexity index is 1320. The standard InChI is InChI=1S/C26H23ClFN3O3/c27-21-10-6-11-22(28)20(21)15-30-14-16(18-9-4-5-12-23(18)30)13-19-24(32)29-26(34)31(25(19)33)17-7-2-1-3-8-17/h4-6,9-14,17H,1-3,7-8,15H2,(H,29,32,34)/b19-13+. The second kappa shape index (κ2) is 9.06. The molecule has 8 heteroatoms. The van der Waals surface area contributed by atoms with Crippen LogP contribution in [-0.2, 0) is 16.1 Å². The average molecular weight is 480 g/mol. The molecule has 1 N–H and O–H groups in total. The number of fused-ring (bicyclic) bond motifs is 1. The summed E-state index contributed by atoms with van der Waals surface area (Å²) in [4.78, 5) is 39.6. The van der Waals surface area contributed by atoms with Gasteiger partial charge in [-0.3, -0.25) is 19.8 Å². The number of nitrogens with one attached hydrogen (secondary N) is 1. The maximum Gasteiger partial charge on any atom is 0.331 e. The number of carbonyl (C=O) groups excluding carboxylic acids is 3. The number of barbiturate groups is 1. The lowest BCUT2D eigenvalue weighted by molar-refractivity contribution is -0.132. The lowest BCUT2D eigenvalue weighted by atomic mass is 9.93. The van der Waals surface area contributed by atoms with Gasteiger partial charge >= 0.3 is 6.03 Å². The lowest BCUT2D eigenvalue weighted by Gasteiger charge is -2.35. The lowest BCUT2D eigenvalue weighted by Crippen LogP contribution is -2.58. The van der Waals surface area contributed by atoms with Crippen molar-refractivity contribution in [1.29, 1.82) is 0 Å². The second-order valence-corrected chi connectivity index (χ2v) is 9.12. The predicted molar refractivity (Wildman–Crippen MR) is 128 cm³/mol. The first-order chi connectivity index (χ1) is 16.4. The minimum absolute atomic E-state index is 0.0861. The van der Waals surface area contributed by atoms with E-state index in [-0.39, 0.29) is 18.2 Å². The molecule has 2 aliphatic rings. The van der Waals surface area contributed by atoms with Crippen LogP contribution in [0.4, 0.5) is 9.18 Å². The van der Waals surface area contributed by atoms with Gasteiger partial charge < -0.3 is 4.57 Å². The predicted octanol–water partition coefficient (Wildman–Crippen LogP) is 5.28. The molecule has 0 radical (unpaired) electrons. The molecular formula is C26H23ClFN3O3. The normalized spacial score (nSPS) is 18.7. The number of amides is 4. The minimum atomic E-state index is -0.712. The third kappa shape index (κ3) is 4.01. The van der Waals surface area contributed by atoms with Crippen molar-refractivity contribution in [1.82, 2.24) is 14.8 Å². The van der Waals surface area contributed by atoms with E-state index in [1.807, 2.05) is 28.8 Å². The molecule has 6 nitrogen and oxygen atoms in total. The highest BCUT2D eigenvalue weighted by molar-refractivity contribution is 6.32. The summed E-state index contributed by atoms with van der Waals surface area (Å²) < 4.78 is 16.3. The number of imide groups is 2. The van der Waals surface area contributed by atoms with Crippen molar-refractivity contribution in [3.63, 3.8) is 0 Å². The molecule has 1 aromatic heterocycles. The van der Waals surface area contributed by atoms with Gasteiger partial charge in [-0.05, 0) is 37.1 Å². The Morgan fingerprint density at radius 1 is 1.03 bits per heavy atom. The molecule has 34 heavy (non-hydrogen) atoms. The smallest absolute Gasteiger partial charge is 0.331 e. The molecule has 5 rings (SSSR count). The molecule has 0 bridgehead atoms. The number of rotatable bonds is 4. The monoisotopic (exact) mass is 479 g/mol. The zero-order valence-electron chi connectivity index (χ0n) is 18.4. The zero-order chi connectivity index (χ0) is 23.8. The van der Waals surface area contributed by atoms with Crippen LogP contribution in [0.5, 0.6) is 0 Å². The zero-order valence-corrected chi connectivity index (χ0v) is 19.1. The highest BCUT2D eigenvalue weighted by Gasteiger charge is 2.40. The number of para-hydroxylation sites is 1. The Hall–Kier alpha value is -3.45. The van der Waals surface area contributed by atoms with Crippen LogP contribution in [0.1, 0.15) is 43.2 Å². The van der Waals surface area contributed by atoms with Crippen LogP contribution in [0.3, 0.4) is 0 Å². The van der Waals surface area contributed by atoms with Crippen molar-refractivity contribution in [3.8, 4) is 0 Å². The highest BCUT2D eigenvalue weighted by atomic mass is 35.5. The van der Waals surface area contributed by atoms with Gasteiger partial charge in [0.15, 0.2) is 0 Å². The molecule has 174 valence electrons. The molecule has 3 aromatic rings. The van der Waals surface area contributed by atoms with Gasteiger partial charge in [-0.2, -0.15) is 0 Å². The number of hydrogen-bond donors (Lipinski definition) is 1. The maximum atomic E-state index is 14.4.